The number of H-pyrrole nitrogens is 1. The second kappa shape index (κ2) is 7.09. The van der Waals surface area contributed by atoms with Crippen LogP contribution in [0.25, 0.3) is 10.9 Å². The molecule has 29 heavy (non-hydrogen) atoms. The molecule has 1 aliphatic carbocycles. The van der Waals surface area contributed by atoms with Gasteiger partial charge in [-0.05, 0) is 44.0 Å². The Bertz CT molecular complexity index is 1190. The van der Waals surface area contributed by atoms with E-state index in [2.05, 4.69) is 20.3 Å². The molecule has 0 spiro atoms. The van der Waals surface area contributed by atoms with Crippen molar-refractivity contribution >= 4 is 16.8 Å². The van der Waals surface area contributed by atoms with E-state index in [1.165, 1.54) is 30.6 Å². The number of nitrogens with one attached hydrogen (secondary N) is 2. The van der Waals surface area contributed by atoms with Crippen LogP contribution in [0.3, 0.4) is 0 Å². The van der Waals surface area contributed by atoms with Gasteiger partial charge in [0.1, 0.15) is 17.7 Å². The van der Waals surface area contributed by atoms with Gasteiger partial charge in [-0.2, -0.15) is 5.26 Å². The average molecular weight is 391 g/mol. The van der Waals surface area contributed by atoms with Crippen LogP contribution in [0.15, 0.2) is 41.5 Å². The van der Waals surface area contributed by atoms with Crippen LogP contribution in [0.2, 0.25) is 0 Å². The van der Waals surface area contributed by atoms with E-state index in [9.17, 15) is 14.0 Å². The fourth-order valence-corrected chi connectivity index (χ4v) is 3.70. The van der Waals surface area contributed by atoms with Gasteiger partial charge in [0.05, 0.1) is 17.0 Å². The molecule has 0 aliphatic heterocycles. The van der Waals surface area contributed by atoms with Gasteiger partial charge in [0.25, 0.3) is 5.56 Å². The first kappa shape index (κ1) is 18.7. The van der Waals surface area contributed by atoms with Gasteiger partial charge in [0.2, 0.25) is 5.91 Å². The fourth-order valence-electron chi connectivity index (χ4n) is 3.70. The summed E-state index contributed by atoms with van der Waals surface area (Å²) in [7, 11) is 0. The zero-order valence-corrected chi connectivity index (χ0v) is 15.7. The summed E-state index contributed by atoms with van der Waals surface area (Å²) in [5.41, 5.74) is -0.116. The number of pyridine rings is 1. The summed E-state index contributed by atoms with van der Waals surface area (Å²) < 4.78 is 13.6. The Hall–Kier alpha value is -3.60. The molecule has 1 saturated carbocycles. The van der Waals surface area contributed by atoms with Gasteiger partial charge in [-0.15, -0.1) is 0 Å². The van der Waals surface area contributed by atoms with Gasteiger partial charge in [-0.3, -0.25) is 9.59 Å². The summed E-state index contributed by atoms with van der Waals surface area (Å²) in [5.74, 6) is -0.319. The molecule has 2 N–H and O–H groups in total. The number of rotatable bonds is 4. The maximum absolute atomic E-state index is 13.6. The Morgan fingerprint density at radius 2 is 2.03 bits per heavy atom. The molecule has 1 aliphatic rings. The second-order valence-corrected chi connectivity index (χ2v) is 7.32. The van der Waals surface area contributed by atoms with Crippen LogP contribution < -0.4 is 10.9 Å². The van der Waals surface area contributed by atoms with Crippen LogP contribution in [0, 0.1) is 17.1 Å². The summed E-state index contributed by atoms with van der Waals surface area (Å²) >= 11 is 0. The normalized spacial score (nSPS) is 15.9. The van der Waals surface area contributed by atoms with Crippen LogP contribution in [0.5, 0.6) is 0 Å². The second-order valence-electron chi connectivity index (χ2n) is 7.32. The van der Waals surface area contributed by atoms with Gasteiger partial charge in [0, 0.05) is 28.9 Å². The lowest BCUT2D eigenvalue weighted by atomic mass is 9.64. The van der Waals surface area contributed by atoms with Crippen molar-refractivity contribution in [3.63, 3.8) is 0 Å². The molecule has 8 heteroatoms. The molecule has 0 bridgehead atoms. The number of fused-ring (bicyclic) bond motifs is 1. The number of hydrogen-bond acceptors (Lipinski definition) is 5. The quantitative estimate of drug-likeness (QED) is 0.710. The summed E-state index contributed by atoms with van der Waals surface area (Å²) in [6.45, 7) is 1.74. The molecule has 2 aromatic heterocycles. The summed E-state index contributed by atoms with van der Waals surface area (Å²) in [4.78, 5) is 36.8. The first-order chi connectivity index (χ1) is 13.9. The predicted molar refractivity (Wildman–Crippen MR) is 103 cm³/mol. The third kappa shape index (κ3) is 3.25. The minimum absolute atomic E-state index is 0.287. The number of carbonyl (C=O) groups is 1. The van der Waals surface area contributed by atoms with Crippen LogP contribution in [0.4, 0.5) is 4.39 Å². The van der Waals surface area contributed by atoms with E-state index in [1.54, 1.807) is 13.0 Å². The van der Waals surface area contributed by atoms with Crippen molar-refractivity contribution in [1.29, 1.82) is 5.26 Å². The minimum Gasteiger partial charge on any atom is -0.346 e. The predicted octanol–water partition coefficient (Wildman–Crippen LogP) is 2.63. The topological polar surface area (TPSA) is 112 Å². The third-order valence-electron chi connectivity index (χ3n) is 5.50. The summed E-state index contributed by atoms with van der Waals surface area (Å²) in [5, 5.41) is 12.3. The van der Waals surface area contributed by atoms with Crippen molar-refractivity contribution in [2.75, 3.05) is 0 Å². The molecular formula is C21H18FN5O2. The van der Waals surface area contributed by atoms with Gasteiger partial charge in [0.15, 0.2) is 0 Å². The number of carbonyl (C=O) groups excluding carboxylic acids is 1. The number of amides is 1. The Labute approximate surface area is 165 Å². The number of halogens is 1. The average Bonchev–Trinajstić information content (AvgIpc) is 2.68. The standard InChI is InChI=1S/C21H18FN5O2/c1-12(18-24-10-13(9-23)11-25-18)26-20(29)21(5-2-6-21)16-8-14-7-15(22)3-4-17(14)27-19(16)28/h3-4,7-8,10-12H,2,5-6H2,1H3,(H,26,29)(H,27,28)/t12-/m1/s1. The van der Waals surface area contributed by atoms with Crippen molar-refractivity contribution in [3.05, 3.63) is 69.8 Å². The Morgan fingerprint density at radius 3 is 2.66 bits per heavy atom. The highest BCUT2D eigenvalue weighted by molar-refractivity contribution is 5.91. The monoisotopic (exact) mass is 391 g/mol. The number of hydrogen-bond donors (Lipinski definition) is 2. The number of nitrogens with zero attached hydrogens (tertiary/aromatic N) is 3. The van der Waals surface area contributed by atoms with E-state index in [4.69, 9.17) is 5.26 Å². The molecule has 146 valence electrons. The van der Waals surface area contributed by atoms with Gasteiger partial charge in [-0.25, -0.2) is 14.4 Å². The minimum atomic E-state index is -0.963. The molecule has 1 aromatic carbocycles. The third-order valence-corrected chi connectivity index (χ3v) is 5.50. The maximum atomic E-state index is 13.6. The highest BCUT2D eigenvalue weighted by Gasteiger charge is 2.47. The molecule has 2 heterocycles. The van der Waals surface area contributed by atoms with Crippen molar-refractivity contribution in [2.24, 2.45) is 0 Å². The first-order valence-electron chi connectivity index (χ1n) is 9.29. The largest absolute Gasteiger partial charge is 0.346 e. The molecule has 4 rings (SSSR count). The molecule has 1 fully saturated rings. The van der Waals surface area contributed by atoms with Crippen molar-refractivity contribution in [2.45, 2.75) is 37.6 Å². The van der Waals surface area contributed by atoms with E-state index in [-0.39, 0.29) is 11.5 Å². The van der Waals surface area contributed by atoms with Crippen LogP contribution in [-0.4, -0.2) is 20.9 Å². The molecule has 3 aromatic rings. The first-order valence-corrected chi connectivity index (χ1v) is 9.29. The summed E-state index contributed by atoms with van der Waals surface area (Å²) in [6.07, 6.45) is 4.67. The number of aromatic amines is 1. The van der Waals surface area contributed by atoms with E-state index in [0.29, 0.717) is 40.7 Å². The zero-order chi connectivity index (χ0) is 20.6. The van der Waals surface area contributed by atoms with E-state index < -0.39 is 17.3 Å². The van der Waals surface area contributed by atoms with Crippen molar-refractivity contribution in [1.82, 2.24) is 20.3 Å². The molecular weight excluding hydrogens is 373 g/mol. The van der Waals surface area contributed by atoms with Crippen LogP contribution in [0.1, 0.15) is 49.2 Å². The molecule has 1 amide bonds. The van der Waals surface area contributed by atoms with Gasteiger partial charge < -0.3 is 10.3 Å². The van der Waals surface area contributed by atoms with E-state index >= 15 is 0 Å². The lowest BCUT2D eigenvalue weighted by Crippen LogP contribution is -2.52. The number of benzene rings is 1. The smallest absolute Gasteiger partial charge is 0.252 e. The fraction of sp³-hybridized carbons (Fsp3) is 0.286. The summed E-state index contributed by atoms with van der Waals surface area (Å²) in [6, 6.07) is 7.19. The molecule has 0 saturated heterocycles. The lowest BCUT2D eigenvalue weighted by Gasteiger charge is -2.40. The highest BCUT2D eigenvalue weighted by atomic mass is 19.1. The molecule has 0 unspecified atom stereocenters. The maximum Gasteiger partial charge on any atom is 0.252 e. The van der Waals surface area contributed by atoms with Crippen LogP contribution >= 0.6 is 0 Å². The zero-order valence-electron chi connectivity index (χ0n) is 15.7. The van der Waals surface area contributed by atoms with Crippen molar-refractivity contribution in [3.8, 4) is 6.07 Å². The van der Waals surface area contributed by atoms with Gasteiger partial charge >= 0.3 is 0 Å². The molecule has 7 nitrogen and oxygen atoms in total. The van der Waals surface area contributed by atoms with E-state index in [1.807, 2.05) is 6.07 Å². The Balaban J connectivity index is 1.65. The highest BCUT2D eigenvalue weighted by Crippen LogP contribution is 2.43. The molecule has 1 atom stereocenters. The van der Waals surface area contributed by atoms with Crippen molar-refractivity contribution < 1.29 is 9.18 Å². The Morgan fingerprint density at radius 1 is 1.31 bits per heavy atom. The Kier molecular flexibility index (Phi) is 4.59. The number of aromatic nitrogens is 3. The molecule has 0 radical (unpaired) electrons. The lowest BCUT2D eigenvalue weighted by molar-refractivity contribution is -0.130. The number of nitriles is 1. The van der Waals surface area contributed by atoms with E-state index in [0.717, 1.165) is 6.42 Å². The SMILES string of the molecule is C[C@@H](NC(=O)C1(c2cc3cc(F)ccc3[nH]c2=O)CCC1)c1ncc(C#N)cn1. The van der Waals surface area contributed by atoms with Crippen LogP contribution in [-0.2, 0) is 10.2 Å². The van der Waals surface area contributed by atoms with Gasteiger partial charge in [-0.1, -0.05) is 6.42 Å².